The van der Waals surface area contributed by atoms with E-state index < -0.39 is 48.4 Å². The minimum atomic E-state index is -1.30. The second-order valence-corrected chi connectivity index (χ2v) is 7.90. The van der Waals surface area contributed by atoms with Crippen molar-refractivity contribution in [1.29, 1.82) is 0 Å². The SMILES string of the molecule is COC(=O)c1nc(C#Cc2ccc(Cl)cc2)nn1[C@@H]1O[C@H](COC(C)=O)[C@@H](OC(C)=O)[C@H]1OC(C)=O. The van der Waals surface area contributed by atoms with Gasteiger partial charge in [-0.2, -0.15) is 4.98 Å². The first-order chi connectivity index (χ1) is 17.1. The third-order valence-corrected chi connectivity index (χ3v) is 5.00. The smallest absolute Gasteiger partial charge is 0.375 e. The Kier molecular flexibility index (Phi) is 8.63. The predicted molar refractivity (Wildman–Crippen MR) is 120 cm³/mol. The number of nitrogens with zero attached hydrogens (tertiary/aromatic N) is 3. The van der Waals surface area contributed by atoms with Crippen LogP contribution in [0, 0.1) is 11.8 Å². The normalized spacial score (nSPS) is 20.6. The molecular weight excluding hydrogens is 498 g/mol. The molecule has 2 heterocycles. The van der Waals surface area contributed by atoms with Gasteiger partial charge in [0.25, 0.3) is 0 Å². The summed E-state index contributed by atoms with van der Waals surface area (Å²) in [5.74, 6) is 2.30. The standard InChI is InChI=1S/C23H22ClN3O9/c1-12(28)33-11-17-19(34-13(2)29)20(35-14(3)30)22(36-17)27-21(23(31)32-4)25-18(26-27)10-7-15-5-8-16(24)9-6-15/h5-6,8-9,17,19-20,22H,11H2,1-4H3/t17-,19-,20-,22-/m1/s1. The monoisotopic (exact) mass is 519 g/mol. The van der Waals surface area contributed by atoms with Crippen LogP contribution in [0.4, 0.5) is 0 Å². The van der Waals surface area contributed by atoms with Gasteiger partial charge in [-0.1, -0.05) is 17.5 Å². The largest absolute Gasteiger partial charge is 0.463 e. The van der Waals surface area contributed by atoms with Gasteiger partial charge in [-0.25, -0.2) is 9.48 Å². The Morgan fingerprint density at radius 2 is 1.64 bits per heavy atom. The van der Waals surface area contributed by atoms with Gasteiger partial charge in [0.2, 0.25) is 11.6 Å². The molecule has 13 heteroatoms. The molecular formula is C23H22ClN3O9. The lowest BCUT2D eigenvalue weighted by Gasteiger charge is -2.23. The molecule has 4 atom stereocenters. The maximum atomic E-state index is 12.5. The minimum absolute atomic E-state index is 0.0667. The summed E-state index contributed by atoms with van der Waals surface area (Å²) in [4.78, 5) is 51.6. The fourth-order valence-corrected chi connectivity index (χ4v) is 3.46. The molecule has 0 amide bonds. The Morgan fingerprint density at radius 1 is 1.00 bits per heavy atom. The van der Waals surface area contributed by atoms with Crippen LogP contribution >= 0.6 is 11.6 Å². The molecule has 0 N–H and O–H groups in total. The van der Waals surface area contributed by atoms with Crippen LogP contribution in [0.3, 0.4) is 0 Å². The number of methoxy groups -OCH3 is 1. The molecule has 2 aromatic rings. The van der Waals surface area contributed by atoms with Gasteiger partial charge in [-0.15, -0.1) is 5.10 Å². The highest BCUT2D eigenvalue weighted by Crippen LogP contribution is 2.35. The number of esters is 4. The average Bonchev–Trinajstić information content (AvgIpc) is 3.38. The van der Waals surface area contributed by atoms with Gasteiger partial charge in [0, 0.05) is 31.4 Å². The third-order valence-electron chi connectivity index (χ3n) is 4.74. The Balaban J connectivity index is 2.04. The Morgan fingerprint density at radius 3 is 2.22 bits per heavy atom. The van der Waals surface area contributed by atoms with Crippen LogP contribution in [0.15, 0.2) is 24.3 Å². The number of hydrogen-bond donors (Lipinski definition) is 0. The molecule has 0 radical (unpaired) electrons. The molecule has 0 unspecified atom stereocenters. The summed E-state index contributed by atoms with van der Waals surface area (Å²) in [6, 6.07) is 6.69. The number of halogens is 1. The van der Waals surface area contributed by atoms with E-state index in [1.165, 1.54) is 6.92 Å². The number of aromatic nitrogens is 3. The number of hydrogen-bond acceptors (Lipinski definition) is 11. The van der Waals surface area contributed by atoms with Gasteiger partial charge in [0.05, 0.1) is 7.11 Å². The lowest BCUT2D eigenvalue weighted by Crippen LogP contribution is -2.41. The molecule has 1 aliphatic heterocycles. The van der Waals surface area contributed by atoms with Crippen molar-refractivity contribution in [2.75, 3.05) is 13.7 Å². The first-order valence-electron chi connectivity index (χ1n) is 10.5. The highest BCUT2D eigenvalue weighted by molar-refractivity contribution is 6.30. The quantitative estimate of drug-likeness (QED) is 0.310. The number of carbonyl (C=O) groups is 4. The molecule has 0 spiro atoms. The van der Waals surface area contributed by atoms with E-state index >= 15 is 0 Å². The highest BCUT2D eigenvalue weighted by Gasteiger charge is 2.52. The molecule has 1 aromatic heterocycles. The first kappa shape index (κ1) is 26.7. The van der Waals surface area contributed by atoms with Crippen molar-refractivity contribution in [2.45, 2.75) is 45.3 Å². The second kappa shape index (κ2) is 11.7. The van der Waals surface area contributed by atoms with Gasteiger partial charge in [0.1, 0.15) is 12.7 Å². The van der Waals surface area contributed by atoms with Crippen molar-refractivity contribution in [3.63, 3.8) is 0 Å². The maximum absolute atomic E-state index is 12.5. The van der Waals surface area contributed by atoms with Gasteiger partial charge < -0.3 is 23.7 Å². The van der Waals surface area contributed by atoms with Crippen molar-refractivity contribution in [1.82, 2.24) is 14.8 Å². The number of rotatable bonds is 6. The van der Waals surface area contributed by atoms with Crippen LogP contribution in [-0.2, 0) is 38.1 Å². The number of benzene rings is 1. The number of ether oxygens (including phenoxy) is 5. The molecule has 1 fully saturated rings. The van der Waals surface area contributed by atoms with E-state index in [1.54, 1.807) is 24.3 Å². The van der Waals surface area contributed by atoms with E-state index in [1.807, 2.05) is 0 Å². The van der Waals surface area contributed by atoms with E-state index in [0.29, 0.717) is 10.6 Å². The number of carbonyl (C=O) groups excluding carboxylic acids is 4. The van der Waals surface area contributed by atoms with Crippen molar-refractivity contribution in [2.24, 2.45) is 0 Å². The fraction of sp³-hybridized carbons (Fsp3) is 0.391. The van der Waals surface area contributed by atoms with Crippen LogP contribution in [0.2, 0.25) is 5.02 Å². The van der Waals surface area contributed by atoms with Gasteiger partial charge in [0.15, 0.2) is 18.4 Å². The molecule has 0 saturated carbocycles. The van der Waals surface area contributed by atoms with Crippen LogP contribution in [0.5, 0.6) is 0 Å². The topological polar surface area (TPSA) is 145 Å². The summed E-state index contributed by atoms with van der Waals surface area (Å²) in [5.41, 5.74) is 0.613. The van der Waals surface area contributed by atoms with Crippen molar-refractivity contribution in [3.8, 4) is 11.8 Å². The highest BCUT2D eigenvalue weighted by atomic mass is 35.5. The van der Waals surface area contributed by atoms with E-state index in [4.69, 9.17) is 35.3 Å². The Hall–Kier alpha value is -3.95. The average molecular weight is 520 g/mol. The van der Waals surface area contributed by atoms with E-state index in [2.05, 4.69) is 21.9 Å². The van der Waals surface area contributed by atoms with E-state index in [9.17, 15) is 19.2 Å². The van der Waals surface area contributed by atoms with Crippen LogP contribution in [-0.4, -0.2) is 70.7 Å². The molecule has 0 bridgehead atoms. The van der Waals surface area contributed by atoms with Gasteiger partial charge in [-0.05, 0) is 30.2 Å². The fourth-order valence-electron chi connectivity index (χ4n) is 3.34. The summed E-state index contributed by atoms with van der Waals surface area (Å²) in [6.07, 6.45) is -4.81. The minimum Gasteiger partial charge on any atom is -0.463 e. The predicted octanol–water partition coefficient (Wildman–Crippen LogP) is 1.44. The van der Waals surface area contributed by atoms with E-state index in [0.717, 1.165) is 25.6 Å². The summed E-state index contributed by atoms with van der Waals surface area (Å²) in [5, 5.41) is 4.77. The Labute approximate surface area is 210 Å². The van der Waals surface area contributed by atoms with Gasteiger partial charge in [-0.3, -0.25) is 14.4 Å². The van der Waals surface area contributed by atoms with Crippen LogP contribution in [0.1, 0.15) is 49.0 Å². The zero-order chi connectivity index (χ0) is 26.4. The molecule has 1 saturated heterocycles. The second-order valence-electron chi connectivity index (χ2n) is 7.47. The van der Waals surface area contributed by atoms with Gasteiger partial charge >= 0.3 is 23.9 Å². The van der Waals surface area contributed by atoms with Crippen LogP contribution < -0.4 is 0 Å². The zero-order valence-corrected chi connectivity index (χ0v) is 20.5. The zero-order valence-electron chi connectivity index (χ0n) is 19.7. The molecule has 3 rings (SSSR count). The summed E-state index contributed by atoms with van der Waals surface area (Å²) in [6.45, 7) is 3.16. The van der Waals surface area contributed by atoms with Crippen molar-refractivity contribution in [3.05, 3.63) is 46.5 Å². The lowest BCUT2D eigenvalue weighted by molar-refractivity contribution is -0.166. The van der Waals surface area contributed by atoms with E-state index in [-0.39, 0.29) is 18.3 Å². The molecule has 1 aromatic carbocycles. The summed E-state index contributed by atoms with van der Waals surface area (Å²) >= 11 is 5.88. The molecule has 190 valence electrons. The van der Waals surface area contributed by atoms with Crippen molar-refractivity contribution < 1.29 is 42.9 Å². The lowest BCUT2D eigenvalue weighted by atomic mass is 10.1. The molecule has 1 aliphatic rings. The molecule has 0 aliphatic carbocycles. The van der Waals surface area contributed by atoms with Crippen molar-refractivity contribution >= 4 is 35.5 Å². The summed E-state index contributed by atoms with van der Waals surface area (Å²) < 4.78 is 27.4. The first-order valence-corrected chi connectivity index (χ1v) is 10.9. The summed E-state index contributed by atoms with van der Waals surface area (Å²) in [7, 11) is 1.14. The molecule has 12 nitrogen and oxygen atoms in total. The molecule has 36 heavy (non-hydrogen) atoms. The van der Waals surface area contributed by atoms with Crippen LogP contribution in [0.25, 0.3) is 0 Å². The Bertz CT molecular complexity index is 1220. The third kappa shape index (κ3) is 6.59. The maximum Gasteiger partial charge on any atom is 0.375 e.